The molecule has 4 heteroatoms. The number of anilines is 1. The minimum Gasteiger partial charge on any atom is -0.351 e. The molecule has 1 atom stereocenters. The van der Waals surface area contributed by atoms with Gasteiger partial charge >= 0.3 is 0 Å². The molecule has 2 N–H and O–H groups in total. The van der Waals surface area contributed by atoms with E-state index in [1.807, 2.05) is 30.3 Å². The summed E-state index contributed by atoms with van der Waals surface area (Å²) >= 11 is 0. The van der Waals surface area contributed by atoms with E-state index in [2.05, 4.69) is 22.8 Å². The molecule has 0 spiro atoms. The molecule has 84 valence electrons. The van der Waals surface area contributed by atoms with Crippen LogP contribution in [0.25, 0.3) is 0 Å². The zero-order valence-corrected chi connectivity index (χ0v) is 9.23. The van der Waals surface area contributed by atoms with E-state index in [1.165, 1.54) is 0 Å². The molecule has 16 heavy (non-hydrogen) atoms. The lowest BCUT2D eigenvalue weighted by Gasteiger charge is -2.19. The van der Waals surface area contributed by atoms with Gasteiger partial charge in [-0.3, -0.25) is 10.2 Å². The predicted octanol–water partition coefficient (Wildman–Crippen LogP) is 1.61. The van der Waals surface area contributed by atoms with Crippen LogP contribution in [0.3, 0.4) is 0 Å². The van der Waals surface area contributed by atoms with Gasteiger partial charge in [-0.05, 0) is 18.1 Å². The summed E-state index contributed by atoms with van der Waals surface area (Å²) in [4.78, 5) is 11.5. The number of hydrogen-bond acceptors (Lipinski definition) is 3. The Hall–Kier alpha value is -1.84. The molecule has 1 unspecified atom stereocenters. The monoisotopic (exact) mass is 217 g/mol. The number of nitrogens with zero attached hydrogens (tertiary/aromatic N) is 1. The van der Waals surface area contributed by atoms with Crippen molar-refractivity contribution in [1.29, 1.82) is 0 Å². The van der Waals surface area contributed by atoms with Gasteiger partial charge < -0.3 is 5.32 Å². The zero-order chi connectivity index (χ0) is 11.4. The van der Waals surface area contributed by atoms with E-state index in [9.17, 15) is 4.79 Å². The van der Waals surface area contributed by atoms with Crippen molar-refractivity contribution in [3.63, 3.8) is 0 Å². The lowest BCUT2D eigenvalue weighted by molar-refractivity contribution is -0.115. The Labute approximate surface area is 94.7 Å². The normalized spacial score (nSPS) is 22.9. The molecule has 2 rings (SSSR count). The summed E-state index contributed by atoms with van der Waals surface area (Å²) in [6, 6.07) is 9.61. The number of carbonyl (C=O) groups is 1. The lowest BCUT2D eigenvalue weighted by Crippen LogP contribution is -2.41. The molecular weight excluding hydrogens is 202 g/mol. The standard InChI is InChI=1S/C12H15N3O/c1-9-7-11(12(16)13-8-9)15-14-10-5-3-2-4-6-10/h2-6,9,14H,7-8H2,1H3,(H,13,16)/b15-11-. The van der Waals surface area contributed by atoms with Gasteiger partial charge in [-0.1, -0.05) is 25.1 Å². The lowest BCUT2D eigenvalue weighted by atomic mass is 10.00. The van der Waals surface area contributed by atoms with Crippen molar-refractivity contribution < 1.29 is 4.79 Å². The molecule has 1 heterocycles. The molecule has 0 saturated carbocycles. The van der Waals surface area contributed by atoms with Gasteiger partial charge in [-0.25, -0.2) is 0 Å². The van der Waals surface area contributed by atoms with Crippen LogP contribution < -0.4 is 10.7 Å². The maximum atomic E-state index is 11.5. The minimum absolute atomic E-state index is 0.0680. The Morgan fingerprint density at radius 2 is 2.12 bits per heavy atom. The maximum absolute atomic E-state index is 11.5. The van der Waals surface area contributed by atoms with Crippen molar-refractivity contribution in [2.75, 3.05) is 12.0 Å². The van der Waals surface area contributed by atoms with Crippen LogP contribution in [0.2, 0.25) is 0 Å². The summed E-state index contributed by atoms with van der Waals surface area (Å²) in [6.45, 7) is 2.83. The van der Waals surface area contributed by atoms with Gasteiger partial charge in [0.1, 0.15) is 5.71 Å². The zero-order valence-electron chi connectivity index (χ0n) is 9.23. The van der Waals surface area contributed by atoms with Crippen LogP contribution in [0.4, 0.5) is 5.69 Å². The third kappa shape index (κ3) is 2.59. The van der Waals surface area contributed by atoms with Crippen molar-refractivity contribution in [3.8, 4) is 0 Å². The highest BCUT2D eigenvalue weighted by molar-refractivity contribution is 6.39. The molecule has 1 saturated heterocycles. The number of nitrogens with one attached hydrogen (secondary N) is 2. The second-order valence-corrected chi connectivity index (χ2v) is 4.06. The number of rotatable bonds is 2. The second-order valence-electron chi connectivity index (χ2n) is 4.06. The molecule has 4 nitrogen and oxygen atoms in total. The number of amides is 1. The summed E-state index contributed by atoms with van der Waals surface area (Å²) in [5, 5.41) is 6.95. The number of para-hydroxylation sites is 1. The van der Waals surface area contributed by atoms with E-state index >= 15 is 0 Å². The fourth-order valence-corrected chi connectivity index (χ4v) is 1.61. The van der Waals surface area contributed by atoms with Gasteiger partial charge in [0.05, 0.1) is 5.69 Å². The molecule has 0 aliphatic carbocycles. The second kappa shape index (κ2) is 4.79. The Morgan fingerprint density at radius 1 is 1.38 bits per heavy atom. The number of benzene rings is 1. The van der Waals surface area contributed by atoms with E-state index < -0.39 is 0 Å². The highest BCUT2D eigenvalue weighted by atomic mass is 16.2. The molecule has 1 amide bonds. The third-order valence-electron chi connectivity index (χ3n) is 2.51. The number of hydrazone groups is 1. The Bertz CT molecular complexity index is 400. The Kier molecular flexibility index (Phi) is 3.19. The summed E-state index contributed by atoms with van der Waals surface area (Å²) in [5.74, 6) is 0.385. The van der Waals surface area contributed by atoms with E-state index in [0.29, 0.717) is 11.6 Å². The summed E-state index contributed by atoms with van der Waals surface area (Å²) in [7, 11) is 0. The molecule has 0 aromatic heterocycles. The van der Waals surface area contributed by atoms with Gasteiger partial charge in [0.25, 0.3) is 5.91 Å². The van der Waals surface area contributed by atoms with Gasteiger partial charge in [0, 0.05) is 13.0 Å². The smallest absolute Gasteiger partial charge is 0.267 e. The van der Waals surface area contributed by atoms with Gasteiger partial charge in [0.2, 0.25) is 0 Å². The summed E-state index contributed by atoms with van der Waals surface area (Å²) in [5.41, 5.74) is 4.35. The van der Waals surface area contributed by atoms with Crippen molar-refractivity contribution in [2.45, 2.75) is 13.3 Å². The van der Waals surface area contributed by atoms with Gasteiger partial charge in [-0.2, -0.15) is 5.10 Å². The fraction of sp³-hybridized carbons (Fsp3) is 0.333. The Balaban J connectivity index is 2.03. The molecule has 1 aromatic carbocycles. The van der Waals surface area contributed by atoms with E-state index in [-0.39, 0.29) is 5.91 Å². The van der Waals surface area contributed by atoms with Crippen LogP contribution in [0.15, 0.2) is 35.4 Å². The predicted molar refractivity (Wildman–Crippen MR) is 64.3 cm³/mol. The molecule has 1 aliphatic rings. The van der Waals surface area contributed by atoms with Crippen molar-refractivity contribution in [2.24, 2.45) is 11.0 Å². The first-order valence-corrected chi connectivity index (χ1v) is 5.41. The highest BCUT2D eigenvalue weighted by Gasteiger charge is 2.21. The number of carbonyl (C=O) groups excluding carboxylic acids is 1. The highest BCUT2D eigenvalue weighted by Crippen LogP contribution is 2.09. The topological polar surface area (TPSA) is 53.5 Å². The fourth-order valence-electron chi connectivity index (χ4n) is 1.61. The first-order chi connectivity index (χ1) is 7.75. The van der Waals surface area contributed by atoms with Crippen molar-refractivity contribution in [1.82, 2.24) is 5.32 Å². The Morgan fingerprint density at radius 3 is 2.88 bits per heavy atom. The van der Waals surface area contributed by atoms with Crippen LogP contribution >= 0.6 is 0 Å². The van der Waals surface area contributed by atoms with Crippen molar-refractivity contribution >= 4 is 17.3 Å². The van der Waals surface area contributed by atoms with Crippen LogP contribution in [0, 0.1) is 5.92 Å². The SMILES string of the molecule is CC1CNC(=O)/C(=N\Nc2ccccc2)C1. The number of piperidine rings is 1. The molecule has 0 radical (unpaired) electrons. The van der Waals surface area contributed by atoms with E-state index in [4.69, 9.17) is 0 Å². The van der Waals surface area contributed by atoms with Crippen LogP contribution in [-0.2, 0) is 4.79 Å². The van der Waals surface area contributed by atoms with Gasteiger partial charge in [0.15, 0.2) is 0 Å². The summed E-state index contributed by atoms with van der Waals surface area (Å²) in [6.07, 6.45) is 0.728. The van der Waals surface area contributed by atoms with Crippen LogP contribution in [0.1, 0.15) is 13.3 Å². The third-order valence-corrected chi connectivity index (χ3v) is 2.51. The van der Waals surface area contributed by atoms with Gasteiger partial charge in [-0.15, -0.1) is 0 Å². The largest absolute Gasteiger partial charge is 0.351 e. The van der Waals surface area contributed by atoms with E-state index in [0.717, 1.165) is 18.7 Å². The molecular formula is C12H15N3O. The first-order valence-electron chi connectivity index (χ1n) is 5.41. The molecule has 1 aliphatic heterocycles. The average molecular weight is 217 g/mol. The average Bonchev–Trinajstić information content (AvgIpc) is 2.32. The molecule has 0 bridgehead atoms. The minimum atomic E-state index is -0.0680. The summed E-state index contributed by atoms with van der Waals surface area (Å²) < 4.78 is 0. The van der Waals surface area contributed by atoms with E-state index in [1.54, 1.807) is 0 Å². The van der Waals surface area contributed by atoms with Crippen LogP contribution in [-0.4, -0.2) is 18.2 Å². The maximum Gasteiger partial charge on any atom is 0.267 e. The molecule has 1 aromatic rings. The van der Waals surface area contributed by atoms with Crippen LogP contribution in [0.5, 0.6) is 0 Å². The van der Waals surface area contributed by atoms with Crippen molar-refractivity contribution in [3.05, 3.63) is 30.3 Å². The number of hydrogen-bond donors (Lipinski definition) is 2. The quantitative estimate of drug-likeness (QED) is 0.739. The first kappa shape index (κ1) is 10.7. The molecule has 1 fully saturated rings.